The number of benzene rings is 2. The Balaban J connectivity index is 1.98. The minimum Gasteiger partial charge on any atom is -0.491 e. The summed E-state index contributed by atoms with van der Waals surface area (Å²) in [7, 11) is 0. The van der Waals surface area contributed by atoms with Crippen molar-refractivity contribution in [3.05, 3.63) is 64.7 Å². The second kappa shape index (κ2) is 6.79. The first-order chi connectivity index (χ1) is 13.7. The zero-order chi connectivity index (χ0) is 21.0. The lowest BCUT2D eigenvalue weighted by molar-refractivity contribution is -0.228. The predicted octanol–water partition coefficient (Wildman–Crippen LogP) is 6.25. The summed E-state index contributed by atoms with van der Waals surface area (Å²) < 4.78 is 99.6. The van der Waals surface area contributed by atoms with Crippen LogP contribution in [0.15, 0.2) is 36.4 Å². The number of alkyl halides is 4. The fourth-order valence-corrected chi connectivity index (χ4v) is 3.79. The highest BCUT2D eigenvalue weighted by Gasteiger charge is 2.65. The van der Waals surface area contributed by atoms with Gasteiger partial charge < -0.3 is 9.47 Å². The van der Waals surface area contributed by atoms with Gasteiger partial charge in [-0.3, -0.25) is 0 Å². The van der Waals surface area contributed by atoms with E-state index in [1.807, 2.05) is 0 Å². The van der Waals surface area contributed by atoms with E-state index in [0.717, 1.165) is 18.2 Å². The molecule has 0 saturated carbocycles. The van der Waals surface area contributed by atoms with E-state index in [9.17, 15) is 22.0 Å². The van der Waals surface area contributed by atoms with Crippen molar-refractivity contribution in [2.75, 3.05) is 13.2 Å². The summed E-state index contributed by atoms with van der Waals surface area (Å²) in [6.45, 7) is 1.62. The minimum atomic E-state index is -4.97. The molecule has 1 aliphatic carbocycles. The summed E-state index contributed by atoms with van der Waals surface area (Å²) in [5.74, 6) is -13.5. The number of hydrogen-bond donors (Lipinski definition) is 0. The van der Waals surface area contributed by atoms with Gasteiger partial charge in [0.1, 0.15) is 5.82 Å². The summed E-state index contributed by atoms with van der Waals surface area (Å²) in [5, 5.41) is 0. The van der Waals surface area contributed by atoms with Crippen LogP contribution in [0.2, 0.25) is 0 Å². The molecular formula is C21H16F6O2. The van der Waals surface area contributed by atoms with E-state index in [1.54, 1.807) is 12.2 Å². The minimum absolute atomic E-state index is 0.0396. The van der Waals surface area contributed by atoms with Crippen LogP contribution in [0.5, 0.6) is 5.75 Å². The third-order valence-corrected chi connectivity index (χ3v) is 5.15. The van der Waals surface area contributed by atoms with Crippen LogP contribution in [0.4, 0.5) is 26.3 Å². The molecule has 1 heterocycles. The average Bonchev–Trinajstić information content (AvgIpc) is 2.68. The van der Waals surface area contributed by atoms with Crippen LogP contribution in [-0.4, -0.2) is 13.2 Å². The SMILES string of the molecule is CCOc1ccc2c(c1F)C(F)(F)C(F)(F)c1c-2ccc(C2CC=CCO2)c1F. The zero-order valence-electron chi connectivity index (χ0n) is 15.2. The standard InChI is InChI=1S/C21H16F6O2/c1-2-28-15-9-8-12-11-6-7-13(14-5-3-4-10-29-14)18(22)16(11)20(24,25)21(26,27)17(12)19(15)23/h3-4,6-9,14H,2,5,10H2,1H3. The molecule has 29 heavy (non-hydrogen) atoms. The van der Waals surface area contributed by atoms with E-state index < -0.39 is 57.6 Å². The van der Waals surface area contributed by atoms with E-state index in [4.69, 9.17) is 9.47 Å². The molecule has 0 radical (unpaired) electrons. The van der Waals surface area contributed by atoms with Crippen molar-refractivity contribution < 1.29 is 35.8 Å². The van der Waals surface area contributed by atoms with Crippen molar-refractivity contribution in [3.63, 3.8) is 0 Å². The second-order valence-electron chi connectivity index (χ2n) is 6.80. The Morgan fingerprint density at radius 3 is 2.14 bits per heavy atom. The van der Waals surface area contributed by atoms with Gasteiger partial charge in [0.25, 0.3) is 0 Å². The number of fused-ring (bicyclic) bond motifs is 3. The zero-order valence-corrected chi connectivity index (χ0v) is 15.2. The molecule has 2 aliphatic rings. The maximum Gasteiger partial charge on any atom is 0.343 e. The largest absolute Gasteiger partial charge is 0.491 e. The maximum absolute atomic E-state index is 15.1. The molecule has 154 valence electrons. The van der Waals surface area contributed by atoms with Crippen molar-refractivity contribution in [2.45, 2.75) is 31.3 Å². The number of hydrogen-bond acceptors (Lipinski definition) is 2. The van der Waals surface area contributed by atoms with E-state index in [-0.39, 0.29) is 25.2 Å². The maximum atomic E-state index is 15.1. The molecule has 1 unspecified atom stereocenters. The predicted molar refractivity (Wildman–Crippen MR) is 93.2 cm³/mol. The van der Waals surface area contributed by atoms with Crippen LogP contribution in [0.1, 0.15) is 36.1 Å². The Hall–Kier alpha value is -2.48. The summed E-state index contributed by atoms with van der Waals surface area (Å²) in [4.78, 5) is 0. The molecule has 0 spiro atoms. The third kappa shape index (κ3) is 2.76. The molecule has 1 aliphatic heterocycles. The van der Waals surface area contributed by atoms with Gasteiger partial charge in [0, 0.05) is 5.56 Å². The Morgan fingerprint density at radius 2 is 1.55 bits per heavy atom. The third-order valence-electron chi connectivity index (χ3n) is 5.15. The lowest BCUT2D eigenvalue weighted by atomic mass is 9.78. The Labute approximate surface area is 162 Å². The average molecular weight is 414 g/mol. The van der Waals surface area contributed by atoms with Gasteiger partial charge in [0.2, 0.25) is 0 Å². The first-order valence-electron chi connectivity index (χ1n) is 9.03. The van der Waals surface area contributed by atoms with Crippen LogP contribution in [0.3, 0.4) is 0 Å². The van der Waals surface area contributed by atoms with Gasteiger partial charge >= 0.3 is 11.8 Å². The molecule has 1 atom stereocenters. The molecule has 0 saturated heterocycles. The van der Waals surface area contributed by atoms with Gasteiger partial charge in [-0.25, -0.2) is 8.78 Å². The molecule has 0 aromatic heterocycles. The van der Waals surface area contributed by atoms with Crippen molar-refractivity contribution in [1.82, 2.24) is 0 Å². The molecule has 2 aromatic rings. The van der Waals surface area contributed by atoms with Crippen molar-refractivity contribution in [3.8, 4) is 16.9 Å². The fraction of sp³-hybridized carbons (Fsp3) is 0.333. The lowest BCUT2D eigenvalue weighted by Gasteiger charge is -2.36. The van der Waals surface area contributed by atoms with E-state index in [0.29, 0.717) is 0 Å². The quantitative estimate of drug-likeness (QED) is 0.437. The van der Waals surface area contributed by atoms with Crippen molar-refractivity contribution in [2.24, 2.45) is 0 Å². The van der Waals surface area contributed by atoms with Gasteiger partial charge in [0.15, 0.2) is 11.6 Å². The molecule has 2 nitrogen and oxygen atoms in total. The van der Waals surface area contributed by atoms with Crippen LogP contribution in [-0.2, 0) is 16.6 Å². The lowest BCUT2D eigenvalue weighted by Crippen LogP contribution is -2.41. The molecule has 0 N–H and O–H groups in total. The second-order valence-corrected chi connectivity index (χ2v) is 6.80. The first-order valence-corrected chi connectivity index (χ1v) is 9.03. The van der Waals surface area contributed by atoms with Crippen LogP contribution < -0.4 is 4.74 Å². The Bertz CT molecular complexity index is 999. The molecule has 0 bridgehead atoms. The van der Waals surface area contributed by atoms with Crippen LogP contribution >= 0.6 is 0 Å². The normalized spacial score (nSPS) is 21.4. The highest BCUT2D eigenvalue weighted by Crippen LogP contribution is 2.60. The van der Waals surface area contributed by atoms with Gasteiger partial charge in [0.05, 0.1) is 30.4 Å². The number of halogens is 6. The summed E-state index contributed by atoms with van der Waals surface area (Å²) in [6.07, 6.45) is 2.73. The van der Waals surface area contributed by atoms with Crippen LogP contribution in [0, 0.1) is 11.6 Å². The number of ether oxygens (including phenoxy) is 2. The van der Waals surface area contributed by atoms with Gasteiger partial charge in [-0.2, -0.15) is 17.6 Å². The molecule has 8 heteroatoms. The summed E-state index contributed by atoms with van der Waals surface area (Å²) >= 11 is 0. The van der Waals surface area contributed by atoms with Crippen molar-refractivity contribution >= 4 is 0 Å². The van der Waals surface area contributed by atoms with Crippen LogP contribution in [0.25, 0.3) is 11.1 Å². The topological polar surface area (TPSA) is 18.5 Å². The molecule has 0 amide bonds. The highest BCUT2D eigenvalue weighted by atomic mass is 19.3. The molecule has 2 aromatic carbocycles. The van der Waals surface area contributed by atoms with Gasteiger partial charge in [-0.05, 0) is 36.6 Å². The number of rotatable bonds is 3. The summed E-state index contributed by atoms with van der Waals surface area (Å²) in [5.41, 5.74) is -4.16. The smallest absolute Gasteiger partial charge is 0.343 e. The monoisotopic (exact) mass is 414 g/mol. The van der Waals surface area contributed by atoms with E-state index >= 15 is 4.39 Å². The first kappa shape index (κ1) is 19.8. The summed E-state index contributed by atoms with van der Waals surface area (Å²) in [6, 6.07) is 4.44. The van der Waals surface area contributed by atoms with E-state index in [1.165, 1.54) is 13.0 Å². The molecular weight excluding hydrogens is 398 g/mol. The Kier molecular flexibility index (Phi) is 4.64. The highest BCUT2D eigenvalue weighted by molar-refractivity contribution is 5.77. The molecule has 0 fully saturated rings. The molecule has 4 rings (SSSR count). The fourth-order valence-electron chi connectivity index (χ4n) is 3.79. The Morgan fingerprint density at radius 1 is 0.931 bits per heavy atom. The van der Waals surface area contributed by atoms with Crippen molar-refractivity contribution in [1.29, 1.82) is 0 Å². The van der Waals surface area contributed by atoms with Gasteiger partial charge in [-0.1, -0.05) is 24.3 Å². The van der Waals surface area contributed by atoms with Gasteiger partial charge in [-0.15, -0.1) is 0 Å². The van der Waals surface area contributed by atoms with E-state index in [2.05, 4.69) is 0 Å².